The smallest absolute Gasteiger partial charge is 0.331 e. The number of ketones is 1. The van der Waals surface area contributed by atoms with Crippen LogP contribution >= 0.6 is 15.9 Å². The van der Waals surface area contributed by atoms with Crippen LogP contribution in [0, 0.1) is 13.8 Å². The van der Waals surface area contributed by atoms with Crippen LogP contribution in [0.25, 0.3) is 6.08 Å². The Morgan fingerprint density at radius 2 is 2.10 bits per heavy atom. The summed E-state index contributed by atoms with van der Waals surface area (Å²) >= 11 is 3.39. The first kappa shape index (κ1) is 22.3. The van der Waals surface area contributed by atoms with E-state index in [0.717, 1.165) is 47.4 Å². The lowest BCUT2D eigenvalue weighted by atomic mass is 10.1. The van der Waals surface area contributed by atoms with E-state index < -0.39 is 5.97 Å². The van der Waals surface area contributed by atoms with Crippen molar-refractivity contribution in [2.75, 3.05) is 20.3 Å². The molecule has 1 aromatic heterocycles. The van der Waals surface area contributed by atoms with E-state index >= 15 is 0 Å². The van der Waals surface area contributed by atoms with Crippen LogP contribution in [0.5, 0.6) is 5.75 Å². The lowest BCUT2D eigenvalue weighted by molar-refractivity contribution is -0.136. The van der Waals surface area contributed by atoms with Crippen LogP contribution < -0.4 is 4.74 Å². The van der Waals surface area contributed by atoms with Gasteiger partial charge in [0.25, 0.3) is 0 Å². The van der Waals surface area contributed by atoms with Gasteiger partial charge in [-0.05, 0) is 57.0 Å². The standard InChI is InChI=1S/C23H26BrNO5/c1-15-11-20(16(2)25(15)13-19-5-4-10-29-19)21(26)14-30-23(27)9-6-17-12-18(24)7-8-22(17)28-3/h6-9,11-12,19H,4-5,10,13-14H2,1-3H3/b9-6+. The third kappa shape index (κ3) is 5.40. The predicted molar refractivity (Wildman–Crippen MR) is 118 cm³/mol. The van der Waals surface area contributed by atoms with Crippen molar-refractivity contribution < 1.29 is 23.8 Å². The molecule has 0 spiro atoms. The molecule has 2 heterocycles. The molecule has 1 atom stereocenters. The van der Waals surface area contributed by atoms with Gasteiger partial charge in [-0.15, -0.1) is 0 Å². The van der Waals surface area contributed by atoms with E-state index in [1.807, 2.05) is 32.0 Å². The number of methoxy groups -OCH3 is 1. The number of rotatable bonds is 8. The van der Waals surface area contributed by atoms with Gasteiger partial charge in [-0.25, -0.2) is 4.79 Å². The molecular formula is C23H26BrNO5. The predicted octanol–water partition coefficient (Wildman–Crippen LogP) is 4.49. The number of esters is 1. The molecule has 6 nitrogen and oxygen atoms in total. The summed E-state index contributed by atoms with van der Waals surface area (Å²) in [6.45, 7) is 5.12. The number of aryl methyl sites for hydroxylation is 1. The fourth-order valence-corrected chi connectivity index (χ4v) is 3.99. The van der Waals surface area contributed by atoms with Gasteiger partial charge in [-0.2, -0.15) is 0 Å². The molecule has 1 saturated heterocycles. The van der Waals surface area contributed by atoms with Gasteiger partial charge in [0.2, 0.25) is 5.78 Å². The van der Waals surface area contributed by atoms with Crippen LogP contribution in [-0.2, 0) is 20.8 Å². The number of ether oxygens (including phenoxy) is 3. The van der Waals surface area contributed by atoms with Crippen molar-refractivity contribution in [2.24, 2.45) is 0 Å². The zero-order chi connectivity index (χ0) is 21.7. The minimum atomic E-state index is -0.585. The maximum absolute atomic E-state index is 12.6. The number of carbonyl (C=O) groups excluding carboxylic acids is 2. The number of aromatic nitrogens is 1. The molecule has 0 aliphatic carbocycles. The zero-order valence-electron chi connectivity index (χ0n) is 17.4. The molecule has 0 radical (unpaired) electrons. The second-order valence-electron chi connectivity index (χ2n) is 7.28. The molecule has 0 bridgehead atoms. The Hall–Kier alpha value is -2.38. The van der Waals surface area contributed by atoms with E-state index in [-0.39, 0.29) is 18.5 Å². The average molecular weight is 476 g/mol. The molecule has 2 aromatic rings. The first-order valence-corrected chi connectivity index (χ1v) is 10.7. The van der Waals surface area contributed by atoms with E-state index in [1.165, 1.54) is 6.08 Å². The summed E-state index contributed by atoms with van der Waals surface area (Å²) in [4.78, 5) is 24.7. The molecule has 30 heavy (non-hydrogen) atoms. The molecule has 0 saturated carbocycles. The summed E-state index contributed by atoms with van der Waals surface area (Å²) in [7, 11) is 1.56. The van der Waals surface area contributed by atoms with Crippen LogP contribution in [-0.4, -0.2) is 42.7 Å². The maximum atomic E-state index is 12.6. The molecule has 1 aliphatic rings. The van der Waals surface area contributed by atoms with Crippen molar-refractivity contribution in [1.29, 1.82) is 0 Å². The fourth-order valence-electron chi connectivity index (χ4n) is 3.61. The number of Topliss-reactive ketones (excluding diaryl/α,β-unsaturated/α-hetero) is 1. The largest absolute Gasteiger partial charge is 0.496 e. The number of carbonyl (C=O) groups is 2. The Balaban J connectivity index is 1.60. The second-order valence-corrected chi connectivity index (χ2v) is 8.20. The average Bonchev–Trinajstić information content (AvgIpc) is 3.34. The molecule has 1 aliphatic heterocycles. The first-order valence-electron chi connectivity index (χ1n) is 9.89. The molecule has 1 fully saturated rings. The topological polar surface area (TPSA) is 66.8 Å². The van der Waals surface area contributed by atoms with Crippen LogP contribution in [0.1, 0.15) is 40.2 Å². The quantitative estimate of drug-likeness (QED) is 0.319. The van der Waals surface area contributed by atoms with Crippen LogP contribution in [0.3, 0.4) is 0 Å². The van der Waals surface area contributed by atoms with E-state index in [2.05, 4.69) is 20.5 Å². The summed E-state index contributed by atoms with van der Waals surface area (Å²) in [5.74, 6) is -0.168. The van der Waals surface area contributed by atoms with Gasteiger partial charge in [-0.3, -0.25) is 4.79 Å². The van der Waals surface area contributed by atoms with Crippen molar-refractivity contribution in [2.45, 2.75) is 39.3 Å². The summed E-state index contributed by atoms with van der Waals surface area (Å²) in [6.07, 6.45) is 5.19. The zero-order valence-corrected chi connectivity index (χ0v) is 19.0. The highest BCUT2D eigenvalue weighted by atomic mass is 79.9. The molecule has 3 rings (SSSR count). The van der Waals surface area contributed by atoms with Gasteiger partial charge in [0.15, 0.2) is 6.61 Å². The number of hydrogen-bond acceptors (Lipinski definition) is 5. The van der Waals surface area contributed by atoms with E-state index in [9.17, 15) is 9.59 Å². The maximum Gasteiger partial charge on any atom is 0.331 e. The Morgan fingerprint density at radius 1 is 1.30 bits per heavy atom. The Labute approximate surface area is 184 Å². The van der Waals surface area contributed by atoms with Gasteiger partial charge < -0.3 is 18.8 Å². The van der Waals surface area contributed by atoms with Gasteiger partial charge in [0, 0.05) is 46.2 Å². The van der Waals surface area contributed by atoms with Crippen molar-refractivity contribution in [3.05, 3.63) is 57.3 Å². The van der Waals surface area contributed by atoms with Gasteiger partial charge in [0.05, 0.1) is 13.2 Å². The van der Waals surface area contributed by atoms with Crippen molar-refractivity contribution >= 4 is 33.8 Å². The number of benzene rings is 1. The molecule has 1 unspecified atom stereocenters. The van der Waals surface area contributed by atoms with E-state index in [1.54, 1.807) is 19.3 Å². The van der Waals surface area contributed by atoms with Crippen molar-refractivity contribution in [3.63, 3.8) is 0 Å². The van der Waals surface area contributed by atoms with Crippen LogP contribution in [0.2, 0.25) is 0 Å². The molecule has 1 aromatic carbocycles. The summed E-state index contributed by atoms with van der Waals surface area (Å²) in [5.41, 5.74) is 3.18. The highest BCUT2D eigenvalue weighted by Gasteiger charge is 2.21. The van der Waals surface area contributed by atoms with Gasteiger partial charge in [0.1, 0.15) is 5.75 Å². The molecule has 0 N–H and O–H groups in total. The Kier molecular flexibility index (Phi) is 7.50. The number of hydrogen-bond donors (Lipinski definition) is 0. The normalized spacial score (nSPS) is 16.2. The highest BCUT2D eigenvalue weighted by Crippen LogP contribution is 2.24. The van der Waals surface area contributed by atoms with Crippen molar-refractivity contribution in [1.82, 2.24) is 4.57 Å². The monoisotopic (exact) mass is 475 g/mol. The van der Waals surface area contributed by atoms with Crippen LogP contribution in [0.4, 0.5) is 0 Å². The van der Waals surface area contributed by atoms with Crippen LogP contribution in [0.15, 0.2) is 34.8 Å². The third-order valence-electron chi connectivity index (χ3n) is 5.22. The number of nitrogens with zero attached hydrogens (tertiary/aromatic N) is 1. The van der Waals surface area contributed by atoms with Crippen molar-refractivity contribution in [3.8, 4) is 5.75 Å². The highest BCUT2D eigenvalue weighted by molar-refractivity contribution is 9.10. The molecule has 7 heteroatoms. The summed E-state index contributed by atoms with van der Waals surface area (Å²) in [6, 6.07) is 7.33. The Morgan fingerprint density at radius 3 is 2.80 bits per heavy atom. The SMILES string of the molecule is COc1ccc(Br)cc1/C=C/C(=O)OCC(=O)c1cc(C)n(CC2CCCO2)c1C. The minimum absolute atomic E-state index is 0.190. The molecular weight excluding hydrogens is 450 g/mol. The molecule has 160 valence electrons. The van der Waals surface area contributed by atoms with E-state index in [4.69, 9.17) is 14.2 Å². The van der Waals surface area contributed by atoms with Gasteiger partial charge in [-0.1, -0.05) is 15.9 Å². The lowest BCUT2D eigenvalue weighted by Crippen LogP contribution is -2.18. The number of halogens is 1. The second kappa shape index (κ2) is 10.1. The fraction of sp³-hybridized carbons (Fsp3) is 0.391. The minimum Gasteiger partial charge on any atom is -0.496 e. The first-order chi connectivity index (χ1) is 14.4. The van der Waals surface area contributed by atoms with Gasteiger partial charge >= 0.3 is 5.97 Å². The molecule has 0 amide bonds. The Bertz CT molecular complexity index is 957. The third-order valence-corrected chi connectivity index (χ3v) is 5.71. The summed E-state index contributed by atoms with van der Waals surface area (Å²) < 4.78 is 19.1. The lowest BCUT2D eigenvalue weighted by Gasteiger charge is -2.14. The van der Waals surface area contributed by atoms with E-state index in [0.29, 0.717) is 11.3 Å². The summed E-state index contributed by atoms with van der Waals surface area (Å²) in [5, 5.41) is 0.